The number of carbonyl (C=O) groups is 1. The number of halogens is 2. The molecule has 0 bridgehead atoms. The van der Waals surface area contributed by atoms with Gasteiger partial charge in [0.25, 0.3) is 15.9 Å². The number of fused-ring (bicyclic) bond motifs is 1. The van der Waals surface area contributed by atoms with Gasteiger partial charge < -0.3 is 5.32 Å². The van der Waals surface area contributed by atoms with Gasteiger partial charge in [0.05, 0.1) is 10.7 Å². The standard InChI is InChI=1S/C22H16ClFN2O3S/c1-26-19-10-6-5-9-16(19)20(14-7-3-2-4-8-14)21(30(26,28)29)22(27)25-15-11-12-18(24)17(23)13-15/h2-13H,1H3,(H,25,27). The normalized spacial score (nSPS) is 15.0. The van der Waals surface area contributed by atoms with Gasteiger partial charge in [-0.2, -0.15) is 0 Å². The van der Waals surface area contributed by atoms with E-state index in [9.17, 15) is 17.6 Å². The molecule has 152 valence electrons. The molecule has 1 N–H and O–H groups in total. The Morgan fingerprint density at radius 2 is 1.67 bits per heavy atom. The maximum Gasteiger partial charge on any atom is 0.270 e. The minimum absolute atomic E-state index is 0.181. The molecule has 1 aliphatic heterocycles. The van der Waals surface area contributed by atoms with Crippen LogP contribution in [0.4, 0.5) is 15.8 Å². The minimum atomic E-state index is -4.16. The van der Waals surface area contributed by atoms with Crippen molar-refractivity contribution < 1.29 is 17.6 Å². The molecule has 1 amide bonds. The highest BCUT2D eigenvalue weighted by Gasteiger charge is 2.39. The minimum Gasteiger partial charge on any atom is -0.321 e. The molecule has 0 atom stereocenters. The lowest BCUT2D eigenvalue weighted by atomic mass is 9.95. The zero-order valence-corrected chi connectivity index (χ0v) is 17.3. The second kappa shape index (κ2) is 7.59. The summed E-state index contributed by atoms with van der Waals surface area (Å²) < 4.78 is 41.2. The van der Waals surface area contributed by atoms with Crippen molar-refractivity contribution >= 4 is 44.5 Å². The van der Waals surface area contributed by atoms with Crippen LogP contribution in [-0.2, 0) is 14.8 Å². The van der Waals surface area contributed by atoms with Crippen LogP contribution >= 0.6 is 11.6 Å². The summed E-state index contributed by atoms with van der Waals surface area (Å²) in [4.78, 5) is 12.8. The van der Waals surface area contributed by atoms with Crippen LogP contribution in [0.5, 0.6) is 0 Å². The van der Waals surface area contributed by atoms with Crippen molar-refractivity contribution in [2.24, 2.45) is 0 Å². The number of amides is 1. The molecule has 0 aromatic heterocycles. The highest BCUT2D eigenvalue weighted by molar-refractivity contribution is 7.97. The summed E-state index contributed by atoms with van der Waals surface area (Å²) in [5.41, 5.74) is 2.16. The van der Waals surface area contributed by atoms with Gasteiger partial charge in [-0.3, -0.25) is 9.10 Å². The largest absolute Gasteiger partial charge is 0.321 e. The third-order valence-electron chi connectivity index (χ3n) is 4.80. The van der Waals surface area contributed by atoms with Crippen LogP contribution in [-0.4, -0.2) is 21.4 Å². The second-order valence-electron chi connectivity index (χ2n) is 6.64. The summed E-state index contributed by atoms with van der Waals surface area (Å²) in [5, 5.41) is 2.35. The summed E-state index contributed by atoms with van der Waals surface area (Å²) in [6.45, 7) is 0. The first kappa shape index (κ1) is 20.1. The molecule has 0 aliphatic carbocycles. The molecular weight excluding hydrogens is 427 g/mol. The van der Waals surface area contributed by atoms with Gasteiger partial charge in [0.15, 0.2) is 4.91 Å². The number of sulfonamides is 1. The molecule has 30 heavy (non-hydrogen) atoms. The zero-order valence-electron chi connectivity index (χ0n) is 15.8. The molecule has 5 nitrogen and oxygen atoms in total. The fourth-order valence-corrected chi connectivity index (χ4v) is 5.00. The number of nitrogens with one attached hydrogen (secondary N) is 1. The first-order chi connectivity index (χ1) is 14.3. The Morgan fingerprint density at radius 3 is 2.37 bits per heavy atom. The third-order valence-corrected chi connectivity index (χ3v) is 6.92. The van der Waals surface area contributed by atoms with Crippen LogP contribution in [0, 0.1) is 5.82 Å². The van der Waals surface area contributed by atoms with Gasteiger partial charge >= 0.3 is 0 Å². The van der Waals surface area contributed by atoms with Crippen LogP contribution in [0.2, 0.25) is 5.02 Å². The maximum absolute atomic E-state index is 13.5. The Labute approximate surface area is 178 Å². The van der Waals surface area contributed by atoms with Crippen molar-refractivity contribution in [1.82, 2.24) is 0 Å². The topological polar surface area (TPSA) is 66.5 Å². The van der Waals surface area contributed by atoms with Gasteiger partial charge in [-0.25, -0.2) is 12.8 Å². The quantitative estimate of drug-likeness (QED) is 0.641. The second-order valence-corrected chi connectivity index (χ2v) is 8.96. The average Bonchev–Trinajstić information content (AvgIpc) is 2.73. The molecule has 0 spiro atoms. The number of benzene rings is 3. The average molecular weight is 443 g/mol. The van der Waals surface area contributed by atoms with Crippen molar-refractivity contribution in [2.45, 2.75) is 0 Å². The summed E-state index contributed by atoms with van der Waals surface area (Å²) in [7, 11) is -2.76. The molecule has 0 unspecified atom stereocenters. The van der Waals surface area contributed by atoms with E-state index >= 15 is 0 Å². The highest BCUT2D eigenvalue weighted by atomic mass is 35.5. The van der Waals surface area contributed by atoms with Gasteiger partial charge in [0.1, 0.15) is 5.82 Å². The molecule has 3 aromatic carbocycles. The van der Waals surface area contributed by atoms with E-state index in [0.717, 1.165) is 10.4 Å². The highest BCUT2D eigenvalue weighted by Crippen LogP contribution is 2.42. The van der Waals surface area contributed by atoms with E-state index < -0.39 is 26.7 Å². The number of rotatable bonds is 3. The van der Waals surface area contributed by atoms with Crippen molar-refractivity contribution in [3.8, 4) is 0 Å². The van der Waals surface area contributed by atoms with Gasteiger partial charge in [0, 0.05) is 23.9 Å². The molecule has 3 aromatic rings. The Kier molecular flexibility index (Phi) is 5.09. The summed E-state index contributed by atoms with van der Waals surface area (Å²) >= 11 is 5.79. The van der Waals surface area contributed by atoms with E-state index in [1.807, 2.05) is 0 Å². The number of hydrogen-bond acceptors (Lipinski definition) is 3. The van der Waals surface area contributed by atoms with E-state index in [1.165, 1.54) is 19.2 Å². The smallest absolute Gasteiger partial charge is 0.270 e. The molecule has 1 aliphatic rings. The van der Waals surface area contributed by atoms with Crippen LogP contribution in [0.3, 0.4) is 0 Å². The lowest BCUT2D eigenvalue weighted by Crippen LogP contribution is -2.37. The van der Waals surface area contributed by atoms with Crippen LogP contribution in [0.15, 0.2) is 77.7 Å². The first-order valence-electron chi connectivity index (χ1n) is 8.95. The summed E-state index contributed by atoms with van der Waals surface area (Å²) in [6.07, 6.45) is 0. The van der Waals surface area contributed by atoms with E-state index in [0.29, 0.717) is 22.4 Å². The van der Waals surface area contributed by atoms with E-state index in [2.05, 4.69) is 5.32 Å². The monoisotopic (exact) mass is 442 g/mol. The fourth-order valence-electron chi connectivity index (χ4n) is 3.36. The molecular formula is C22H16ClFN2O3S. The third kappa shape index (κ3) is 3.36. The van der Waals surface area contributed by atoms with E-state index in [-0.39, 0.29) is 10.7 Å². The van der Waals surface area contributed by atoms with Crippen LogP contribution in [0.1, 0.15) is 11.1 Å². The summed E-state index contributed by atoms with van der Waals surface area (Å²) in [5.74, 6) is -1.48. The van der Waals surface area contributed by atoms with E-state index in [1.54, 1.807) is 54.6 Å². The van der Waals surface area contributed by atoms with Crippen molar-refractivity contribution in [2.75, 3.05) is 16.7 Å². The molecule has 0 radical (unpaired) electrons. The Hall–Kier alpha value is -3.16. The molecule has 8 heteroatoms. The van der Waals surface area contributed by atoms with E-state index in [4.69, 9.17) is 11.6 Å². The van der Waals surface area contributed by atoms with Gasteiger partial charge in [-0.15, -0.1) is 0 Å². The lowest BCUT2D eigenvalue weighted by Gasteiger charge is -2.30. The number of para-hydroxylation sites is 1. The van der Waals surface area contributed by atoms with Gasteiger partial charge in [-0.05, 0) is 29.8 Å². The molecule has 4 rings (SSSR count). The Balaban J connectivity index is 1.95. The Bertz CT molecular complexity index is 1290. The van der Waals surface area contributed by atoms with Gasteiger partial charge in [0.2, 0.25) is 0 Å². The predicted octanol–water partition coefficient (Wildman–Crippen LogP) is 4.66. The summed E-state index contributed by atoms with van der Waals surface area (Å²) in [6, 6.07) is 19.4. The SMILES string of the molecule is CN1c2ccccc2C(c2ccccc2)=C(C(=O)Nc2ccc(F)c(Cl)c2)S1(=O)=O. The predicted molar refractivity (Wildman–Crippen MR) is 116 cm³/mol. The van der Waals surface area contributed by atoms with Crippen molar-refractivity contribution in [3.05, 3.63) is 99.7 Å². The molecule has 0 saturated heterocycles. The zero-order chi connectivity index (χ0) is 21.5. The molecule has 0 fully saturated rings. The number of carbonyl (C=O) groups excluding carboxylic acids is 1. The van der Waals surface area contributed by atoms with Crippen molar-refractivity contribution in [3.63, 3.8) is 0 Å². The fraction of sp³-hybridized carbons (Fsp3) is 0.0455. The molecule has 0 saturated carbocycles. The first-order valence-corrected chi connectivity index (χ1v) is 10.8. The van der Waals surface area contributed by atoms with Crippen LogP contribution in [0.25, 0.3) is 5.57 Å². The Morgan fingerprint density at radius 1 is 1.00 bits per heavy atom. The van der Waals surface area contributed by atoms with Crippen LogP contribution < -0.4 is 9.62 Å². The number of anilines is 2. The maximum atomic E-state index is 13.5. The lowest BCUT2D eigenvalue weighted by molar-refractivity contribution is -0.112. The number of hydrogen-bond donors (Lipinski definition) is 1. The van der Waals surface area contributed by atoms with Crippen molar-refractivity contribution in [1.29, 1.82) is 0 Å². The van der Waals surface area contributed by atoms with Gasteiger partial charge in [-0.1, -0.05) is 60.1 Å². The molecule has 1 heterocycles. The number of nitrogens with zero attached hydrogens (tertiary/aromatic N) is 1.